The van der Waals surface area contributed by atoms with Crippen LogP contribution in [0.1, 0.15) is 54.9 Å². The van der Waals surface area contributed by atoms with Gasteiger partial charge in [-0.1, -0.05) is 20.8 Å². The highest BCUT2D eigenvalue weighted by Gasteiger charge is 2.93. The van der Waals surface area contributed by atoms with Gasteiger partial charge in [-0.05, 0) is 31.6 Å². The van der Waals surface area contributed by atoms with Gasteiger partial charge >= 0.3 is 17.9 Å². The van der Waals surface area contributed by atoms with E-state index in [-0.39, 0.29) is 6.42 Å². The van der Waals surface area contributed by atoms with Crippen LogP contribution in [0.4, 0.5) is 0 Å². The molecule has 2 unspecified atom stereocenters. The summed E-state index contributed by atoms with van der Waals surface area (Å²) in [6.45, 7) is 10.7. The van der Waals surface area contributed by atoms with Crippen molar-refractivity contribution in [2.45, 2.75) is 127 Å². The Labute approximate surface area is 265 Å². The minimum absolute atomic E-state index is 0.00635. The van der Waals surface area contributed by atoms with Gasteiger partial charge in [-0.25, -0.2) is 4.79 Å². The largest absolute Gasteiger partial charge is 0.458 e. The zero-order valence-electron chi connectivity index (χ0n) is 26.9. The van der Waals surface area contributed by atoms with Crippen LogP contribution < -0.4 is 5.73 Å². The van der Waals surface area contributed by atoms with E-state index in [1.165, 1.54) is 20.8 Å². The molecule has 0 radical (unpaired) electrons. The van der Waals surface area contributed by atoms with Crippen molar-refractivity contribution in [3.05, 3.63) is 0 Å². The lowest BCUT2D eigenvalue weighted by Crippen LogP contribution is -2.82. The number of nitrogens with two attached hydrogens (primary N) is 1. The number of esters is 3. The summed E-state index contributed by atoms with van der Waals surface area (Å²) in [7, 11) is 0. The molecular weight excluding hydrogens is 606 g/mol. The van der Waals surface area contributed by atoms with Crippen molar-refractivity contribution in [3.8, 4) is 0 Å². The predicted molar refractivity (Wildman–Crippen MR) is 151 cm³/mol. The highest BCUT2D eigenvalue weighted by atomic mass is 16.8. The van der Waals surface area contributed by atoms with Gasteiger partial charge in [-0.2, -0.15) is 0 Å². The molecule has 3 aliphatic heterocycles. The number of ether oxygens (including phenoxy) is 5. The van der Waals surface area contributed by atoms with Crippen LogP contribution in [0.25, 0.3) is 0 Å². The summed E-state index contributed by atoms with van der Waals surface area (Å²) < 4.78 is 29.9. The first-order valence-electron chi connectivity index (χ1n) is 16.3. The summed E-state index contributed by atoms with van der Waals surface area (Å²) in [6.07, 6.45) is -8.50. The van der Waals surface area contributed by atoms with Gasteiger partial charge in [0.25, 0.3) is 0 Å². The summed E-state index contributed by atoms with van der Waals surface area (Å²) in [4.78, 5) is 39.1. The summed E-state index contributed by atoms with van der Waals surface area (Å²) >= 11 is 0. The summed E-state index contributed by atoms with van der Waals surface area (Å²) in [6, 6.07) is -1.31. The maximum absolute atomic E-state index is 13.2. The average Bonchev–Trinajstić information content (AvgIpc) is 3.86. The molecule has 0 aromatic heterocycles. The normalized spacial score (nSPS) is 65.1. The second-order valence-electron chi connectivity index (χ2n) is 16.4. The maximum Gasteiger partial charge on any atom is 0.341 e. The van der Waals surface area contributed by atoms with E-state index in [0.717, 1.165) is 0 Å². The van der Waals surface area contributed by atoms with E-state index in [0.29, 0.717) is 0 Å². The lowest BCUT2D eigenvalue weighted by atomic mass is 9.39. The van der Waals surface area contributed by atoms with Gasteiger partial charge in [0.05, 0.1) is 41.5 Å². The van der Waals surface area contributed by atoms with Crippen LogP contribution >= 0.6 is 0 Å². The third-order valence-corrected chi connectivity index (χ3v) is 15.0. The van der Waals surface area contributed by atoms with Gasteiger partial charge in [0, 0.05) is 48.9 Å². The van der Waals surface area contributed by atoms with E-state index < -0.39 is 142 Å². The molecule has 256 valence electrons. The second kappa shape index (κ2) is 8.62. The number of hydrogen-bond donors (Lipinski definition) is 6. The minimum Gasteiger partial charge on any atom is -0.458 e. The molecule has 0 bridgehead atoms. The van der Waals surface area contributed by atoms with Crippen LogP contribution in [0.3, 0.4) is 0 Å². The van der Waals surface area contributed by atoms with Crippen LogP contribution in [-0.2, 0) is 38.1 Å². The number of aliphatic hydroxyl groups excluding tert-OH is 3. The van der Waals surface area contributed by atoms with E-state index in [9.17, 15) is 39.9 Å². The van der Waals surface area contributed by atoms with Crippen molar-refractivity contribution in [2.24, 2.45) is 57.5 Å². The van der Waals surface area contributed by atoms with Gasteiger partial charge in [-0.15, -0.1) is 0 Å². The predicted octanol–water partition coefficient (Wildman–Crippen LogP) is -1.64. The average molecular weight is 652 g/mol. The molecule has 0 aromatic carbocycles. The Morgan fingerprint density at radius 3 is 2.17 bits per heavy atom. The maximum atomic E-state index is 13.2. The minimum atomic E-state index is -2.09. The first kappa shape index (κ1) is 31.4. The molecule has 0 aromatic rings. The van der Waals surface area contributed by atoms with Crippen LogP contribution in [0, 0.1) is 51.8 Å². The van der Waals surface area contributed by atoms with Crippen molar-refractivity contribution in [3.63, 3.8) is 0 Å². The fourth-order valence-electron chi connectivity index (χ4n) is 12.9. The van der Waals surface area contributed by atoms with Crippen LogP contribution in [0.2, 0.25) is 0 Å². The Morgan fingerprint density at radius 1 is 0.935 bits per heavy atom. The molecule has 46 heavy (non-hydrogen) atoms. The highest BCUT2D eigenvalue weighted by molar-refractivity contribution is 5.84. The molecule has 7 N–H and O–H groups in total. The lowest BCUT2D eigenvalue weighted by molar-refractivity contribution is -0.318. The molecule has 3 heterocycles. The van der Waals surface area contributed by atoms with Crippen molar-refractivity contribution in [1.29, 1.82) is 0 Å². The van der Waals surface area contributed by atoms with Gasteiger partial charge < -0.3 is 55.0 Å². The SMILES string of the molecule is CC(=O)O[C@H]1C2C([C@@H](O)[C@@H](N)[C@@]3(O)C[C@@H]4O[C@@H]4[C@H](O)[C@]23C)[C@@H]2[C@@H](O)[C@@H]3[C@H]([C@H](C)[C@H]4O[C@]45OC(=O)[C@@](C)(O)[C@]35C)[C@@]2(C)[C@H]1OC(C)=O. The lowest BCUT2D eigenvalue weighted by Gasteiger charge is -2.69. The summed E-state index contributed by atoms with van der Waals surface area (Å²) in [5.41, 5.74) is -1.58. The number of hydrogen-bond acceptors (Lipinski definition) is 14. The fourth-order valence-corrected chi connectivity index (χ4v) is 12.9. The molecule has 8 fully saturated rings. The number of aliphatic hydroxyl groups is 5. The van der Waals surface area contributed by atoms with Crippen LogP contribution in [-0.4, -0.2) is 115 Å². The third kappa shape index (κ3) is 2.99. The Balaban J connectivity index is 1.39. The van der Waals surface area contributed by atoms with Crippen molar-refractivity contribution in [2.75, 3.05) is 0 Å². The molecular formula is C32H45NO13. The van der Waals surface area contributed by atoms with Crippen LogP contribution in [0.15, 0.2) is 0 Å². The third-order valence-electron chi connectivity index (χ3n) is 15.0. The standard InChI is InChI=1S/C32H45NO13/c1-9-14-17(29(6)30(7,40)26(39)46-32(29)24(9)45-32)19(37)15-13-16(21(42-10(2)34)25(27(14,15)4)43-11(3)35)28(5)23(38)20-12(44-20)8-31(28,41)22(33)18(13)36/h9,12-25,36-38,40-41H,8,33H2,1-7H3/t9-,12-,13?,14-,15+,16?,17-,18+,19+,20-,21-,22+,23-,24+,25-,27+,28-,29-,30+,31-,32-/m0/s1. The molecule has 5 aliphatic carbocycles. The topological polar surface area (TPSA) is 231 Å². The zero-order chi connectivity index (χ0) is 33.6. The molecule has 0 amide bonds. The summed E-state index contributed by atoms with van der Waals surface area (Å²) in [5.74, 6) is -8.81. The van der Waals surface area contributed by atoms with Crippen LogP contribution in [0.5, 0.6) is 0 Å². The van der Waals surface area contributed by atoms with E-state index in [1.54, 1.807) is 13.8 Å². The monoisotopic (exact) mass is 651 g/mol. The Bertz CT molecular complexity index is 1440. The molecule has 14 nitrogen and oxygen atoms in total. The van der Waals surface area contributed by atoms with Crippen molar-refractivity contribution < 1.29 is 63.6 Å². The molecule has 8 rings (SSSR count). The number of rotatable bonds is 2. The molecule has 14 heteroatoms. The Kier molecular flexibility index (Phi) is 5.88. The van der Waals surface area contributed by atoms with Gasteiger partial charge in [-0.3, -0.25) is 9.59 Å². The van der Waals surface area contributed by atoms with Gasteiger partial charge in [0.1, 0.15) is 24.4 Å². The number of fused-ring (bicyclic) bond motifs is 9. The number of carbonyl (C=O) groups excluding carboxylic acids is 3. The first-order chi connectivity index (χ1) is 21.2. The molecule has 1 spiro atoms. The Hall–Kier alpha value is -1.91. The van der Waals surface area contributed by atoms with Crippen molar-refractivity contribution in [1.82, 2.24) is 0 Å². The van der Waals surface area contributed by atoms with E-state index >= 15 is 0 Å². The van der Waals surface area contributed by atoms with E-state index in [4.69, 9.17) is 29.4 Å². The Morgan fingerprint density at radius 2 is 1.57 bits per heavy atom. The highest BCUT2D eigenvalue weighted by Crippen LogP contribution is 2.80. The van der Waals surface area contributed by atoms with E-state index in [1.807, 2.05) is 13.8 Å². The van der Waals surface area contributed by atoms with Crippen molar-refractivity contribution >= 4 is 17.9 Å². The zero-order valence-corrected chi connectivity index (χ0v) is 26.9. The molecule has 21 atom stereocenters. The smallest absolute Gasteiger partial charge is 0.341 e. The van der Waals surface area contributed by atoms with Gasteiger partial charge in [0.15, 0.2) is 5.60 Å². The second-order valence-corrected chi connectivity index (χ2v) is 16.4. The molecule has 5 saturated carbocycles. The molecule has 8 aliphatic rings. The summed E-state index contributed by atoms with van der Waals surface area (Å²) in [5, 5.41) is 61.0. The number of carbonyl (C=O) groups is 3. The number of epoxide rings is 2. The van der Waals surface area contributed by atoms with Gasteiger partial charge in [0.2, 0.25) is 5.79 Å². The molecule has 3 saturated heterocycles. The van der Waals surface area contributed by atoms with E-state index in [2.05, 4.69) is 0 Å². The first-order valence-corrected chi connectivity index (χ1v) is 16.3. The fraction of sp³-hybridized carbons (Fsp3) is 0.906. The quantitative estimate of drug-likeness (QED) is 0.112.